The fraction of sp³-hybridized carbons (Fsp3) is 0.600. The maximum absolute atomic E-state index is 5.27. The van der Waals surface area contributed by atoms with Crippen LogP contribution in [0.5, 0.6) is 5.75 Å². The van der Waals surface area contributed by atoms with Gasteiger partial charge in [0.25, 0.3) is 0 Å². The summed E-state index contributed by atoms with van der Waals surface area (Å²) >= 11 is 3.56. The van der Waals surface area contributed by atoms with Crippen LogP contribution in [0.2, 0.25) is 0 Å². The van der Waals surface area contributed by atoms with Crippen LogP contribution in [-0.4, -0.2) is 49.6 Å². The van der Waals surface area contributed by atoms with E-state index in [1.807, 2.05) is 6.07 Å². The average Bonchev–Trinajstić information content (AvgIpc) is 2.41. The van der Waals surface area contributed by atoms with Gasteiger partial charge in [0.15, 0.2) is 0 Å². The first-order valence-corrected chi connectivity index (χ1v) is 7.68. The van der Waals surface area contributed by atoms with Gasteiger partial charge < -0.3 is 9.64 Å². The zero-order chi connectivity index (χ0) is 13.8. The highest BCUT2D eigenvalue weighted by molar-refractivity contribution is 9.10. The van der Waals surface area contributed by atoms with Crippen LogP contribution >= 0.6 is 15.9 Å². The molecule has 1 aliphatic rings. The van der Waals surface area contributed by atoms with Crippen LogP contribution in [0.3, 0.4) is 0 Å². The number of nitrogens with zero attached hydrogens (tertiary/aromatic N) is 2. The lowest BCUT2D eigenvalue weighted by Crippen LogP contribution is -2.50. The number of piperazine rings is 1. The van der Waals surface area contributed by atoms with Crippen LogP contribution in [0.4, 0.5) is 0 Å². The Morgan fingerprint density at radius 3 is 2.79 bits per heavy atom. The Morgan fingerprint density at radius 2 is 2.16 bits per heavy atom. The first-order valence-electron chi connectivity index (χ1n) is 6.89. The molecule has 0 radical (unpaired) electrons. The van der Waals surface area contributed by atoms with Crippen molar-refractivity contribution in [2.45, 2.75) is 25.9 Å². The van der Waals surface area contributed by atoms with Gasteiger partial charge in [-0.25, -0.2) is 0 Å². The molecule has 2 rings (SSSR count). The molecule has 1 aliphatic heterocycles. The van der Waals surface area contributed by atoms with Gasteiger partial charge in [-0.05, 0) is 47.1 Å². The molecule has 3 nitrogen and oxygen atoms in total. The van der Waals surface area contributed by atoms with Crippen LogP contribution in [0, 0.1) is 0 Å². The minimum atomic E-state index is 0.690. The van der Waals surface area contributed by atoms with E-state index in [1.165, 1.54) is 12.0 Å². The van der Waals surface area contributed by atoms with Gasteiger partial charge in [-0.3, -0.25) is 4.90 Å². The predicted octanol–water partition coefficient (Wildman–Crippen LogP) is 2.98. The molecule has 106 valence electrons. The van der Waals surface area contributed by atoms with Crippen LogP contribution in [0.25, 0.3) is 0 Å². The topological polar surface area (TPSA) is 15.7 Å². The van der Waals surface area contributed by atoms with Crippen molar-refractivity contribution in [3.63, 3.8) is 0 Å². The third-order valence-electron chi connectivity index (χ3n) is 3.95. The van der Waals surface area contributed by atoms with Crippen molar-refractivity contribution in [1.82, 2.24) is 9.80 Å². The highest BCUT2D eigenvalue weighted by atomic mass is 79.9. The van der Waals surface area contributed by atoms with E-state index in [1.54, 1.807) is 7.11 Å². The molecular weight excluding hydrogens is 304 g/mol. The van der Waals surface area contributed by atoms with Gasteiger partial charge in [-0.1, -0.05) is 13.0 Å². The maximum Gasteiger partial charge on any atom is 0.133 e. The summed E-state index contributed by atoms with van der Waals surface area (Å²) in [5.74, 6) is 0.897. The fourth-order valence-electron chi connectivity index (χ4n) is 2.66. The molecule has 0 aromatic heterocycles. The van der Waals surface area contributed by atoms with Gasteiger partial charge in [0.2, 0.25) is 0 Å². The number of ether oxygens (including phenoxy) is 1. The van der Waals surface area contributed by atoms with Crippen LogP contribution in [0.15, 0.2) is 22.7 Å². The van der Waals surface area contributed by atoms with E-state index in [0.717, 1.165) is 36.4 Å². The highest BCUT2D eigenvalue weighted by Crippen LogP contribution is 2.26. The Kier molecular flexibility index (Phi) is 5.25. The predicted molar refractivity (Wildman–Crippen MR) is 82.7 cm³/mol. The molecule has 1 atom stereocenters. The number of benzene rings is 1. The highest BCUT2D eigenvalue weighted by Gasteiger charge is 2.22. The number of methoxy groups -OCH3 is 1. The molecule has 0 bridgehead atoms. The number of rotatable bonds is 4. The Morgan fingerprint density at radius 1 is 1.37 bits per heavy atom. The lowest BCUT2D eigenvalue weighted by molar-refractivity contribution is 0.0883. The molecule has 19 heavy (non-hydrogen) atoms. The largest absolute Gasteiger partial charge is 0.496 e. The van der Waals surface area contributed by atoms with Gasteiger partial charge in [-0.15, -0.1) is 0 Å². The summed E-state index contributed by atoms with van der Waals surface area (Å²) in [5, 5.41) is 0. The SMILES string of the molecule is CCC1CN(Cc2ccc(OC)c(Br)c2)CCN1C. The molecule has 0 amide bonds. The zero-order valence-electron chi connectivity index (χ0n) is 12.0. The van der Waals surface area contributed by atoms with Gasteiger partial charge in [0.1, 0.15) is 5.75 Å². The molecule has 1 fully saturated rings. The van der Waals surface area contributed by atoms with Gasteiger partial charge in [0, 0.05) is 32.2 Å². The van der Waals surface area contributed by atoms with Gasteiger partial charge in [-0.2, -0.15) is 0 Å². The third kappa shape index (κ3) is 3.71. The Hall–Kier alpha value is -0.580. The number of hydrogen-bond acceptors (Lipinski definition) is 3. The summed E-state index contributed by atoms with van der Waals surface area (Å²) in [6, 6.07) is 7.05. The van der Waals surface area contributed by atoms with E-state index in [9.17, 15) is 0 Å². The molecule has 1 heterocycles. The second-order valence-corrected chi connectivity index (χ2v) is 6.10. The minimum absolute atomic E-state index is 0.690. The van der Waals surface area contributed by atoms with Crippen LogP contribution in [-0.2, 0) is 6.54 Å². The van der Waals surface area contributed by atoms with E-state index < -0.39 is 0 Å². The third-order valence-corrected chi connectivity index (χ3v) is 4.57. The first kappa shape index (κ1) is 14.8. The van der Waals surface area contributed by atoms with Crippen molar-refractivity contribution in [2.24, 2.45) is 0 Å². The molecule has 1 aromatic rings. The van der Waals surface area contributed by atoms with Crippen molar-refractivity contribution >= 4 is 15.9 Å². The van der Waals surface area contributed by atoms with Crippen molar-refractivity contribution in [1.29, 1.82) is 0 Å². The lowest BCUT2D eigenvalue weighted by atomic mass is 10.1. The second-order valence-electron chi connectivity index (χ2n) is 5.25. The summed E-state index contributed by atoms with van der Waals surface area (Å²) < 4.78 is 6.31. The normalized spacial score (nSPS) is 21.6. The van der Waals surface area contributed by atoms with E-state index in [2.05, 4.69) is 51.8 Å². The zero-order valence-corrected chi connectivity index (χ0v) is 13.6. The summed E-state index contributed by atoms with van der Waals surface area (Å²) in [5.41, 5.74) is 1.34. The smallest absolute Gasteiger partial charge is 0.133 e. The molecule has 0 N–H and O–H groups in total. The molecule has 0 aliphatic carbocycles. The van der Waals surface area contributed by atoms with Crippen molar-refractivity contribution < 1.29 is 4.74 Å². The number of halogens is 1. The van der Waals surface area contributed by atoms with Crippen molar-refractivity contribution in [3.8, 4) is 5.75 Å². The van der Waals surface area contributed by atoms with E-state index in [-0.39, 0.29) is 0 Å². The van der Waals surface area contributed by atoms with Crippen LogP contribution in [0.1, 0.15) is 18.9 Å². The fourth-order valence-corrected chi connectivity index (χ4v) is 3.25. The van der Waals surface area contributed by atoms with Gasteiger partial charge >= 0.3 is 0 Å². The quantitative estimate of drug-likeness (QED) is 0.846. The molecule has 0 saturated carbocycles. The summed E-state index contributed by atoms with van der Waals surface area (Å²) in [7, 11) is 3.93. The van der Waals surface area contributed by atoms with Crippen LogP contribution < -0.4 is 4.74 Å². The summed E-state index contributed by atoms with van der Waals surface area (Å²) in [6.45, 7) is 6.77. The van der Waals surface area contributed by atoms with E-state index >= 15 is 0 Å². The maximum atomic E-state index is 5.27. The monoisotopic (exact) mass is 326 g/mol. The Labute approximate surface area is 124 Å². The number of likely N-dealkylation sites (N-methyl/N-ethyl adjacent to an activating group) is 1. The second kappa shape index (κ2) is 6.73. The van der Waals surface area contributed by atoms with Crippen molar-refractivity contribution in [3.05, 3.63) is 28.2 Å². The summed E-state index contributed by atoms with van der Waals surface area (Å²) in [6.07, 6.45) is 1.22. The molecule has 1 aromatic carbocycles. The standard InChI is InChI=1S/C15H23BrN2O/c1-4-13-11-18(8-7-17(13)2)10-12-5-6-15(19-3)14(16)9-12/h5-6,9,13H,4,7-8,10-11H2,1-3H3. The molecular formula is C15H23BrN2O. The van der Waals surface area contributed by atoms with Gasteiger partial charge in [0.05, 0.1) is 11.6 Å². The molecule has 0 spiro atoms. The molecule has 1 saturated heterocycles. The van der Waals surface area contributed by atoms with Crippen molar-refractivity contribution in [2.75, 3.05) is 33.8 Å². The Bertz CT molecular complexity index is 425. The minimum Gasteiger partial charge on any atom is -0.496 e. The number of hydrogen-bond donors (Lipinski definition) is 0. The lowest BCUT2D eigenvalue weighted by Gasteiger charge is -2.39. The first-order chi connectivity index (χ1) is 9.13. The average molecular weight is 327 g/mol. The molecule has 4 heteroatoms. The Balaban J connectivity index is 1.99. The van der Waals surface area contributed by atoms with E-state index in [4.69, 9.17) is 4.74 Å². The summed E-state index contributed by atoms with van der Waals surface area (Å²) in [4.78, 5) is 5.02. The van der Waals surface area contributed by atoms with E-state index in [0.29, 0.717) is 6.04 Å². The molecule has 1 unspecified atom stereocenters.